The molecular formula is C15H18BrNO3. The third-order valence-corrected chi connectivity index (χ3v) is 4.13. The predicted octanol–water partition coefficient (Wildman–Crippen LogP) is 2.55. The molecule has 0 spiro atoms. The van der Waals surface area contributed by atoms with Crippen LogP contribution in [0.3, 0.4) is 0 Å². The fourth-order valence-corrected chi connectivity index (χ4v) is 2.70. The molecule has 1 N–H and O–H groups in total. The number of rotatable bonds is 5. The summed E-state index contributed by atoms with van der Waals surface area (Å²) in [6, 6.07) is 7.61. The van der Waals surface area contributed by atoms with Gasteiger partial charge in [-0.1, -0.05) is 28.1 Å². The van der Waals surface area contributed by atoms with Crippen LogP contribution in [0.1, 0.15) is 31.7 Å². The van der Waals surface area contributed by atoms with Crippen molar-refractivity contribution in [1.29, 1.82) is 0 Å². The standard InChI is InChI=1S/C15H18BrNO3/c1-10(8-13(18)20-2)17-14(19)15(6-7-15)11-4-3-5-12(16)9-11/h3-5,9-10H,6-8H2,1-2H3,(H,17,19)/t10-/m0/s1. The van der Waals surface area contributed by atoms with E-state index in [1.165, 1.54) is 7.11 Å². The largest absolute Gasteiger partial charge is 0.469 e. The first-order valence-electron chi connectivity index (χ1n) is 6.62. The average molecular weight is 340 g/mol. The third kappa shape index (κ3) is 3.20. The second-order valence-electron chi connectivity index (χ2n) is 5.25. The van der Waals surface area contributed by atoms with Gasteiger partial charge < -0.3 is 10.1 Å². The van der Waals surface area contributed by atoms with E-state index in [2.05, 4.69) is 26.0 Å². The molecule has 0 aromatic heterocycles. The first-order chi connectivity index (χ1) is 9.48. The summed E-state index contributed by atoms with van der Waals surface area (Å²) in [5, 5.41) is 2.91. The zero-order valence-corrected chi connectivity index (χ0v) is 13.2. The normalized spacial score (nSPS) is 17.1. The molecule has 1 atom stereocenters. The fraction of sp³-hybridized carbons (Fsp3) is 0.467. The third-order valence-electron chi connectivity index (χ3n) is 3.64. The van der Waals surface area contributed by atoms with E-state index in [4.69, 9.17) is 0 Å². The van der Waals surface area contributed by atoms with Gasteiger partial charge in [-0.15, -0.1) is 0 Å². The fourth-order valence-electron chi connectivity index (χ4n) is 2.30. The van der Waals surface area contributed by atoms with E-state index in [0.717, 1.165) is 22.9 Å². The summed E-state index contributed by atoms with van der Waals surface area (Å²) in [7, 11) is 1.35. The highest BCUT2D eigenvalue weighted by Crippen LogP contribution is 2.48. The van der Waals surface area contributed by atoms with Gasteiger partial charge in [0.15, 0.2) is 0 Å². The number of hydrogen-bond acceptors (Lipinski definition) is 3. The molecule has 0 aliphatic heterocycles. The Hall–Kier alpha value is -1.36. The van der Waals surface area contributed by atoms with Gasteiger partial charge in [0, 0.05) is 10.5 Å². The van der Waals surface area contributed by atoms with E-state index < -0.39 is 5.41 Å². The van der Waals surface area contributed by atoms with Crippen molar-refractivity contribution in [2.24, 2.45) is 0 Å². The average Bonchev–Trinajstić information content (AvgIpc) is 3.19. The number of hydrogen-bond donors (Lipinski definition) is 1. The van der Waals surface area contributed by atoms with Gasteiger partial charge in [-0.25, -0.2) is 0 Å². The molecule has 0 unspecified atom stereocenters. The number of esters is 1. The maximum atomic E-state index is 12.4. The van der Waals surface area contributed by atoms with E-state index in [0.29, 0.717) is 0 Å². The van der Waals surface area contributed by atoms with Crippen LogP contribution in [0.15, 0.2) is 28.7 Å². The summed E-state index contributed by atoms with van der Waals surface area (Å²) in [6.07, 6.45) is 1.89. The summed E-state index contributed by atoms with van der Waals surface area (Å²) in [4.78, 5) is 23.6. The maximum absolute atomic E-state index is 12.4. The van der Waals surface area contributed by atoms with E-state index >= 15 is 0 Å². The van der Waals surface area contributed by atoms with Crippen molar-refractivity contribution < 1.29 is 14.3 Å². The quantitative estimate of drug-likeness (QED) is 0.838. The molecule has 4 nitrogen and oxygen atoms in total. The van der Waals surface area contributed by atoms with E-state index in [1.54, 1.807) is 0 Å². The van der Waals surface area contributed by atoms with E-state index in [-0.39, 0.29) is 24.3 Å². The molecule has 0 radical (unpaired) electrons. The first-order valence-corrected chi connectivity index (χ1v) is 7.41. The van der Waals surface area contributed by atoms with Crippen molar-refractivity contribution in [2.75, 3.05) is 7.11 Å². The topological polar surface area (TPSA) is 55.4 Å². The number of halogens is 1. The van der Waals surface area contributed by atoms with E-state index in [1.807, 2.05) is 31.2 Å². The monoisotopic (exact) mass is 339 g/mol. The number of carbonyl (C=O) groups excluding carboxylic acids is 2. The predicted molar refractivity (Wildman–Crippen MR) is 79.3 cm³/mol. The van der Waals surface area contributed by atoms with Crippen LogP contribution in [0.2, 0.25) is 0 Å². The highest BCUT2D eigenvalue weighted by molar-refractivity contribution is 9.10. The Morgan fingerprint density at radius 1 is 1.45 bits per heavy atom. The molecule has 1 aromatic carbocycles. The van der Waals surface area contributed by atoms with Crippen LogP contribution in [0.4, 0.5) is 0 Å². The Bertz CT molecular complexity index is 526. The number of nitrogens with one attached hydrogen (secondary N) is 1. The maximum Gasteiger partial charge on any atom is 0.307 e. The van der Waals surface area contributed by atoms with Gasteiger partial charge in [0.2, 0.25) is 5.91 Å². The summed E-state index contributed by atoms with van der Waals surface area (Å²) < 4.78 is 5.58. The SMILES string of the molecule is COC(=O)C[C@H](C)NC(=O)C1(c2cccc(Br)c2)CC1. The van der Waals surface area contributed by atoms with Gasteiger partial charge in [0.05, 0.1) is 18.9 Å². The molecular weight excluding hydrogens is 322 g/mol. The molecule has 0 bridgehead atoms. The molecule has 1 aliphatic rings. The zero-order valence-electron chi connectivity index (χ0n) is 11.6. The molecule has 1 fully saturated rings. The van der Waals surface area contributed by atoms with Crippen molar-refractivity contribution in [3.05, 3.63) is 34.3 Å². The molecule has 1 aromatic rings. The van der Waals surface area contributed by atoms with Crippen LogP contribution in [0.25, 0.3) is 0 Å². The summed E-state index contributed by atoms with van der Waals surface area (Å²) in [5.74, 6) is -0.322. The number of carbonyl (C=O) groups is 2. The van der Waals surface area contributed by atoms with Crippen LogP contribution >= 0.6 is 15.9 Å². The van der Waals surface area contributed by atoms with Crippen molar-refractivity contribution in [2.45, 2.75) is 37.6 Å². The number of ether oxygens (including phenoxy) is 1. The molecule has 1 aliphatic carbocycles. The van der Waals surface area contributed by atoms with Crippen molar-refractivity contribution in [3.63, 3.8) is 0 Å². The number of amides is 1. The van der Waals surface area contributed by atoms with Crippen molar-refractivity contribution in [1.82, 2.24) is 5.32 Å². The minimum atomic E-state index is -0.422. The minimum absolute atomic E-state index is 0.00740. The lowest BCUT2D eigenvalue weighted by molar-refractivity contribution is -0.141. The molecule has 1 amide bonds. The molecule has 0 saturated heterocycles. The molecule has 2 rings (SSSR count). The Balaban J connectivity index is 2.04. The van der Waals surface area contributed by atoms with Gasteiger partial charge >= 0.3 is 5.97 Å². The van der Waals surface area contributed by atoms with Gasteiger partial charge in [-0.3, -0.25) is 9.59 Å². The van der Waals surface area contributed by atoms with Crippen LogP contribution in [-0.4, -0.2) is 25.0 Å². The first kappa shape index (κ1) is 15.0. The summed E-state index contributed by atoms with van der Waals surface area (Å²) in [5.41, 5.74) is 0.600. The summed E-state index contributed by atoms with van der Waals surface area (Å²) >= 11 is 3.43. The van der Waals surface area contributed by atoms with Gasteiger partial charge in [0.25, 0.3) is 0 Å². The van der Waals surface area contributed by atoms with Crippen molar-refractivity contribution >= 4 is 27.8 Å². The number of methoxy groups -OCH3 is 1. The Kier molecular flexibility index (Phi) is 4.48. The van der Waals surface area contributed by atoms with Gasteiger partial charge in [-0.05, 0) is 37.5 Å². The van der Waals surface area contributed by atoms with Crippen LogP contribution < -0.4 is 5.32 Å². The second kappa shape index (κ2) is 5.95. The molecule has 108 valence electrons. The van der Waals surface area contributed by atoms with Crippen LogP contribution in [-0.2, 0) is 19.7 Å². The minimum Gasteiger partial charge on any atom is -0.469 e. The Labute approximate surface area is 127 Å². The smallest absolute Gasteiger partial charge is 0.307 e. The molecule has 5 heteroatoms. The highest BCUT2D eigenvalue weighted by Gasteiger charge is 2.51. The highest BCUT2D eigenvalue weighted by atomic mass is 79.9. The molecule has 20 heavy (non-hydrogen) atoms. The van der Waals surface area contributed by atoms with Crippen molar-refractivity contribution in [3.8, 4) is 0 Å². The van der Waals surface area contributed by atoms with Gasteiger partial charge in [0.1, 0.15) is 0 Å². The van der Waals surface area contributed by atoms with Crippen LogP contribution in [0, 0.1) is 0 Å². The zero-order chi connectivity index (χ0) is 14.8. The molecule has 0 heterocycles. The van der Waals surface area contributed by atoms with Gasteiger partial charge in [-0.2, -0.15) is 0 Å². The molecule has 1 saturated carbocycles. The Morgan fingerprint density at radius 2 is 2.15 bits per heavy atom. The lowest BCUT2D eigenvalue weighted by Gasteiger charge is -2.19. The second-order valence-corrected chi connectivity index (χ2v) is 6.16. The van der Waals surface area contributed by atoms with E-state index in [9.17, 15) is 9.59 Å². The lowest BCUT2D eigenvalue weighted by Crippen LogP contribution is -2.41. The van der Waals surface area contributed by atoms with Crippen LogP contribution in [0.5, 0.6) is 0 Å². The number of benzene rings is 1. The summed E-state index contributed by atoms with van der Waals surface area (Å²) in [6.45, 7) is 1.81. The lowest BCUT2D eigenvalue weighted by atomic mass is 9.94. The Morgan fingerprint density at radius 3 is 2.70 bits per heavy atom.